The molecule has 2 aliphatic heterocycles. The normalized spacial score (nSPS) is 30.1. The Morgan fingerprint density at radius 3 is 2.78 bits per heavy atom. The monoisotopic (exact) mass is 370 g/mol. The zero-order valence-electron chi connectivity index (χ0n) is 15.6. The van der Waals surface area contributed by atoms with Gasteiger partial charge in [-0.15, -0.1) is 0 Å². The standard InChI is InChI=1S/C20H26N4O3/c1-20(7-14(21)8-20)11-22-9-12-3-2-4-13-10-24(19(27)17(12)13)15-5-6-16(25)23-18(15)26/h2-4,14-15,22H,5-11,21H2,1H3,(H,23,25,26). The number of benzene rings is 1. The molecule has 7 heteroatoms. The minimum absolute atomic E-state index is 0.117. The lowest BCUT2D eigenvalue weighted by Gasteiger charge is -2.43. The van der Waals surface area contributed by atoms with Gasteiger partial charge in [0.1, 0.15) is 6.04 Å². The molecule has 3 amide bonds. The van der Waals surface area contributed by atoms with Crippen molar-refractivity contribution in [2.75, 3.05) is 6.54 Å². The molecule has 1 atom stereocenters. The number of hydrogen-bond donors (Lipinski definition) is 3. The van der Waals surface area contributed by atoms with Crippen LogP contribution in [0.2, 0.25) is 0 Å². The molecule has 7 nitrogen and oxygen atoms in total. The Labute approximate surface area is 158 Å². The van der Waals surface area contributed by atoms with E-state index in [0.29, 0.717) is 31.1 Å². The Hall–Kier alpha value is -2.25. The van der Waals surface area contributed by atoms with E-state index in [1.54, 1.807) is 4.90 Å². The second kappa shape index (κ2) is 6.73. The van der Waals surface area contributed by atoms with Crippen LogP contribution in [0, 0.1) is 5.41 Å². The number of piperidine rings is 1. The van der Waals surface area contributed by atoms with E-state index < -0.39 is 6.04 Å². The van der Waals surface area contributed by atoms with Crippen LogP contribution in [0.4, 0.5) is 0 Å². The lowest BCUT2D eigenvalue weighted by atomic mass is 9.67. The first-order valence-corrected chi connectivity index (χ1v) is 9.58. The first-order chi connectivity index (χ1) is 12.9. The van der Waals surface area contributed by atoms with Crippen LogP contribution < -0.4 is 16.4 Å². The summed E-state index contributed by atoms with van der Waals surface area (Å²) in [4.78, 5) is 38.2. The van der Waals surface area contributed by atoms with Crippen LogP contribution in [0.25, 0.3) is 0 Å². The number of carbonyl (C=O) groups excluding carboxylic acids is 3. The molecule has 1 saturated carbocycles. The lowest BCUT2D eigenvalue weighted by molar-refractivity contribution is -0.136. The van der Waals surface area contributed by atoms with E-state index in [1.807, 2.05) is 18.2 Å². The van der Waals surface area contributed by atoms with E-state index in [2.05, 4.69) is 17.6 Å². The van der Waals surface area contributed by atoms with Gasteiger partial charge in [-0.2, -0.15) is 0 Å². The summed E-state index contributed by atoms with van der Waals surface area (Å²) in [6, 6.07) is 5.60. The van der Waals surface area contributed by atoms with Crippen molar-refractivity contribution in [1.29, 1.82) is 0 Å². The second-order valence-electron chi connectivity index (χ2n) is 8.43. The van der Waals surface area contributed by atoms with E-state index in [9.17, 15) is 14.4 Å². The lowest BCUT2D eigenvalue weighted by Crippen LogP contribution is -2.52. The number of amides is 3. The number of nitrogens with two attached hydrogens (primary N) is 1. The number of nitrogens with one attached hydrogen (secondary N) is 2. The quantitative estimate of drug-likeness (QED) is 0.661. The molecule has 3 aliphatic rings. The average molecular weight is 370 g/mol. The number of nitrogens with zero attached hydrogens (tertiary/aromatic N) is 1. The van der Waals surface area contributed by atoms with E-state index in [1.165, 1.54) is 0 Å². The Morgan fingerprint density at radius 2 is 2.07 bits per heavy atom. The molecule has 0 bridgehead atoms. The van der Waals surface area contributed by atoms with Crippen LogP contribution in [-0.4, -0.2) is 41.2 Å². The molecule has 0 radical (unpaired) electrons. The second-order valence-corrected chi connectivity index (χ2v) is 8.43. The SMILES string of the molecule is CC1(CNCc2cccc3c2C(=O)N(C2CCC(=O)NC2=O)C3)CC(N)C1. The van der Waals surface area contributed by atoms with E-state index in [-0.39, 0.29) is 29.6 Å². The number of imide groups is 1. The predicted molar refractivity (Wildman–Crippen MR) is 99.5 cm³/mol. The molecule has 1 aromatic rings. The van der Waals surface area contributed by atoms with Crippen LogP contribution in [0.3, 0.4) is 0 Å². The van der Waals surface area contributed by atoms with Crippen molar-refractivity contribution in [2.45, 2.75) is 57.8 Å². The summed E-state index contributed by atoms with van der Waals surface area (Å²) in [5.74, 6) is -0.760. The molecule has 4 N–H and O–H groups in total. The van der Waals surface area contributed by atoms with Gasteiger partial charge in [-0.3, -0.25) is 19.7 Å². The molecule has 0 aromatic heterocycles. The Bertz CT molecular complexity index is 800. The molecule has 0 spiro atoms. The molecule has 1 unspecified atom stereocenters. The maximum absolute atomic E-state index is 13.0. The third-order valence-electron chi connectivity index (χ3n) is 6.02. The molecular weight excluding hydrogens is 344 g/mol. The van der Waals surface area contributed by atoms with E-state index in [4.69, 9.17) is 5.73 Å². The minimum atomic E-state index is -0.571. The molecule has 1 saturated heterocycles. The summed E-state index contributed by atoms with van der Waals surface area (Å²) in [5, 5.41) is 5.81. The van der Waals surface area contributed by atoms with Crippen LogP contribution in [0.5, 0.6) is 0 Å². The van der Waals surface area contributed by atoms with Gasteiger partial charge in [0.15, 0.2) is 0 Å². The first-order valence-electron chi connectivity index (χ1n) is 9.58. The molecule has 2 heterocycles. The maximum atomic E-state index is 13.0. The van der Waals surface area contributed by atoms with Gasteiger partial charge in [0.25, 0.3) is 5.91 Å². The number of fused-ring (bicyclic) bond motifs is 1. The zero-order chi connectivity index (χ0) is 19.2. The first kappa shape index (κ1) is 18.1. The van der Waals surface area contributed by atoms with Crippen molar-refractivity contribution in [3.63, 3.8) is 0 Å². The van der Waals surface area contributed by atoms with Crippen LogP contribution in [0.1, 0.15) is 54.1 Å². The molecule has 2 fully saturated rings. The highest BCUT2D eigenvalue weighted by Gasteiger charge is 2.40. The van der Waals surface area contributed by atoms with Crippen LogP contribution in [-0.2, 0) is 22.7 Å². The molecule has 27 heavy (non-hydrogen) atoms. The fraction of sp³-hybridized carbons (Fsp3) is 0.550. The largest absolute Gasteiger partial charge is 0.328 e. The smallest absolute Gasteiger partial charge is 0.255 e. The Kier molecular flexibility index (Phi) is 4.52. The van der Waals surface area contributed by atoms with Crippen molar-refractivity contribution in [2.24, 2.45) is 11.1 Å². The predicted octanol–water partition coefficient (Wildman–Crippen LogP) is 0.665. The fourth-order valence-electron chi connectivity index (χ4n) is 4.69. The minimum Gasteiger partial charge on any atom is -0.328 e. The summed E-state index contributed by atoms with van der Waals surface area (Å²) >= 11 is 0. The highest BCUT2D eigenvalue weighted by atomic mass is 16.2. The van der Waals surface area contributed by atoms with Crippen LogP contribution in [0.15, 0.2) is 18.2 Å². The summed E-state index contributed by atoms with van der Waals surface area (Å²) in [6.45, 7) is 4.13. The summed E-state index contributed by atoms with van der Waals surface area (Å²) in [5.41, 5.74) is 8.74. The van der Waals surface area contributed by atoms with Gasteiger partial charge in [0.2, 0.25) is 11.8 Å². The van der Waals surface area contributed by atoms with Gasteiger partial charge < -0.3 is 16.0 Å². The van der Waals surface area contributed by atoms with Gasteiger partial charge in [0, 0.05) is 37.7 Å². The average Bonchev–Trinajstić information content (AvgIpc) is 2.91. The number of rotatable bonds is 5. The fourth-order valence-corrected chi connectivity index (χ4v) is 4.69. The summed E-state index contributed by atoms with van der Waals surface area (Å²) in [7, 11) is 0. The van der Waals surface area contributed by atoms with Gasteiger partial charge in [0.05, 0.1) is 0 Å². The number of hydrogen-bond acceptors (Lipinski definition) is 5. The third-order valence-corrected chi connectivity index (χ3v) is 6.02. The number of carbonyl (C=O) groups is 3. The van der Waals surface area contributed by atoms with Crippen molar-refractivity contribution in [3.05, 3.63) is 34.9 Å². The van der Waals surface area contributed by atoms with Crippen molar-refractivity contribution >= 4 is 17.7 Å². The van der Waals surface area contributed by atoms with E-state index in [0.717, 1.165) is 30.5 Å². The summed E-state index contributed by atoms with van der Waals surface area (Å²) < 4.78 is 0. The Morgan fingerprint density at radius 1 is 1.30 bits per heavy atom. The molecule has 144 valence electrons. The van der Waals surface area contributed by atoms with E-state index >= 15 is 0 Å². The van der Waals surface area contributed by atoms with Crippen molar-refractivity contribution < 1.29 is 14.4 Å². The van der Waals surface area contributed by atoms with Gasteiger partial charge in [-0.05, 0) is 35.8 Å². The third kappa shape index (κ3) is 3.37. The molecular formula is C20H26N4O3. The van der Waals surface area contributed by atoms with Crippen molar-refractivity contribution in [1.82, 2.24) is 15.5 Å². The molecule has 4 rings (SSSR count). The maximum Gasteiger partial charge on any atom is 0.255 e. The highest BCUT2D eigenvalue weighted by molar-refractivity contribution is 6.05. The molecule has 1 aromatic carbocycles. The van der Waals surface area contributed by atoms with Crippen molar-refractivity contribution in [3.8, 4) is 0 Å². The van der Waals surface area contributed by atoms with Crippen LogP contribution >= 0.6 is 0 Å². The van der Waals surface area contributed by atoms with Gasteiger partial charge in [-0.25, -0.2) is 0 Å². The van der Waals surface area contributed by atoms with Gasteiger partial charge >= 0.3 is 0 Å². The van der Waals surface area contributed by atoms with Gasteiger partial charge in [-0.1, -0.05) is 25.1 Å². The summed E-state index contributed by atoms with van der Waals surface area (Å²) in [6.07, 6.45) is 2.70. The highest BCUT2D eigenvalue weighted by Crippen LogP contribution is 2.38. The zero-order valence-corrected chi connectivity index (χ0v) is 15.6. The topological polar surface area (TPSA) is 105 Å². The molecule has 1 aliphatic carbocycles. The Balaban J connectivity index is 1.45.